The van der Waals surface area contributed by atoms with E-state index in [0.29, 0.717) is 4.90 Å². The topological polar surface area (TPSA) is 32.3 Å². The van der Waals surface area contributed by atoms with Gasteiger partial charge in [-0.15, -0.1) is 12.6 Å². The summed E-state index contributed by atoms with van der Waals surface area (Å²) in [5, 5.41) is 2.86. The van der Waals surface area contributed by atoms with Crippen molar-refractivity contribution in [3.63, 3.8) is 0 Å². The summed E-state index contributed by atoms with van der Waals surface area (Å²) in [7, 11) is 0. The second-order valence-electron chi connectivity index (χ2n) is 5.40. The van der Waals surface area contributed by atoms with E-state index in [-0.39, 0.29) is 17.5 Å². The van der Waals surface area contributed by atoms with E-state index >= 15 is 0 Å². The Hall–Kier alpha value is -1.07. The lowest BCUT2D eigenvalue weighted by atomic mass is 10.1. The van der Waals surface area contributed by atoms with Gasteiger partial charge in [-0.05, 0) is 51.1 Å². The van der Waals surface area contributed by atoms with Gasteiger partial charge in [0.25, 0.3) is 5.91 Å². The van der Waals surface area contributed by atoms with Crippen molar-refractivity contribution < 1.29 is 9.18 Å². The largest absolute Gasteiger partial charge is 0.348 e. The Morgan fingerprint density at radius 1 is 1.40 bits per heavy atom. The average molecular weight is 296 g/mol. The van der Waals surface area contributed by atoms with Crippen molar-refractivity contribution in [2.24, 2.45) is 0 Å². The quantitative estimate of drug-likeness (QED) is 0.837. The van der Waals surface area contributed by atoms with Crippen molar-refractivity contribution in [3.8, 4) is 0 Å². The van der Waals surface area contributed by atoms with Crippen molar-refractivity contribution in [3.05, 3.63) is 29.6 Å². The molecule has 1 aliphatic rings. The zero-order chi connectivity index (χ0) is 14.5. The van der Waals surface area contributed by atoms with Crippen LogP contribution in [0.3, 0.4) is 0 Å². The summed E-state index contributed by atoms with van der Waals surface area (Å²) >= 11 is 4.14. The minimum absolute atomic E-state index is 0.00331. The summed E-state index contributed by atoms with van der Waals surface area (Å²) in [5.41, 5.74) is 0.0583. The number of hydrogen-bond donors (Lipinski definition) is 2. The number of thiol groups is 1. The van der Waals surface area contributed by atoms with Gasteiger partial charge < -0.3 is 10.2 Å². The van der Waals surface area contributed by atoms with Crippen LogP contribution in [0.5, 0.6) is 0 Å². The number of rotatable bonds is 4. The molecule has 0 spiro atoms. The number of hydrogen-bond acceptors (Lipinski definition) is 3. The number of benzene rings is 1. The number of halogens is 1. The molecule has 2 rings (SSSR count). The van der Waals surface area contributed by atoms with E-state index in [2.05, 4.69) is 22.8 Å². The molecule has 0 aliphatic carbocycles. The fraction of sp³-hybridized carbons (Fsp3) is 0.533. The van der Waals surface area contributed by atoms with E-state index in [1.165, 1.54) is 37.5 Å². The van der Waals surface area contributed by atoms with Gasteiger partial charge in [-0.1, -0.05) is 6.42 Å². The summed E-state index contributed by atoms with van der Waals surface area (Å²) in [6, 6.07) is 4.27. The zero-order valence-corrected chi connectivity index (χ0v) is 12.6. The highest BCUT2D eigenvalue weighted by atomic mass is 32.1. The number of nitrogens with one attached hydrogen (secondary N) is 1. The molecule has 1 fully saturated rings. The monoisotopic (exact) mass is 296 g/mol. The molecule has 110 valence electrons. The van der Waals surface area contributed by atoms with Crippen molar-refractivity contribution in [1.82, 2.24) is 10.2 Å². The van der Waals surface area contributed by atoms with Gasteiger partial charge in [0.1, 0.15) is 5.82 Å². The summed E-state index contributed by atoms with van der Waals surface area (Å²) in [6.45, 7) is 4.93. The van der Waals surface area contributed by atoms with Crippen LogP contribution in [0.2, 0.25) is 0 Å². The van der Waals surface area contributed by atoms with Crippen LogP contribution in [0.25, 0.3) is 0 Å². The number of nitrogens with zero attached hydrogens (tertiary/aromatic N) is 1. The van der Waals surface area contributed by atoms with Gasteiger partial charge in [0.2, 0.25) is 0 Å². The van der Waals surface area contributed by atoms with E-state index in [1.807, 2.05) is 6.92 Å². The maximum atomic E-state index is 13.6. The molecule has 1 heterocycles. The third-order valence-electron chi connectivity index (χ3n) is 3.55. The van der Waals surface area contributed by atoms with Gasteiger partial charge in [-0.3, -0.25) is 4.79 Å². The van der Waals surface area contributed by atoms with Crippen LogP contribution in [0.1, 0.15) is 36.5 Å². The lowest BCUT2D eigenvalue weighted by Gasteiger charge is -2.29. The molecule has 1 unspecified atom stereocenters. The third kappa shape index (κ3) is 4.21. The van der Waals surface area contributed by atoms with E-state index in [0.717, 1.165) is 19.6 Å². The van der Waals surface area contributed by atoms with Crippen molar-refractivity contribution in [2.45, 2.75) is 37.1 Å². The number of amides is 1. The molecule has 0 radical (unpaired) electrons. The molecule has 0 bridgehead atoms. The van der Waals surface area contributed by atoms with Crippen molar-refractivity contribution >= 4 is 18.5 Å². The average Bonchev–Trinajstić information content (AvgIpc) is 2.42. The molecular weight excluding hydrogens is 275 g/mol. The lowest BCUT2D eigenvalue weighted by molar-refractivity contribution is 0.0921. The molecule has 1 N–H and O–H groups in total. The van der Waals surface area contributed by atoms with E-state index in [1.54, 1.807) is 0 Å². The van der Waals surface area contributed by atoms with Crippen LogP contribution in [0.4, 0.5) is 4.39 Å². The van der Waals surface area contributed by atoms with Gasteiger partial charge in [0.15, 0.2) is 0 Å². The first-order valence-electron chi connectivity index (χ1n) is 7.08. The summed E-state index contributed by atoms with van der Waals surface area (Å²) < 4.78 is 13.6. The van der Waals surface area contributed by atoms with Crippen LogP contribution < -0.4 is 5.32 Å². The lowest BCUT2D eigenvalue weighted by Crippen LogP contribution is -2.43. The highest BCUT2D eigenvalue weighted by molar-refractivity contribution is 7.80. The fourth-order valence-electron chi connectivity index (χ4n) is 2.56. The van der Waals surface area contributed by atoms with E-state index in [9.17, 15) is 9.18 Å². The molecule has 0 saturated carbocycles. The third-order valence-corrected chi connectivity index (χ3v) is 3.83. The maximum absolute atomic E-state index is 13.6. The molecular formula is C15H21FN2OS. The van der Waals surface area contributed by atoms with Gasteiger partial charge in [0.05, 0.1) is 5.56 Å². The van der Waals surface area contributed by atoms with Crippen LogP contribution in [0, 0.1) is 5.82 Å². The number of likely N-dealkylation sites (tertiary alicyclic amines) is 1. The predicted octanol–water partition coefficient (Wildman–Crippen LogP) is 2.72. The first-order chi connectivity index (χ1) is 9.56. The fourth-order valence-corrected chi connectivity index (χ4v) is 2.77. The first kappa shape index (κ1) is 15.3. The van der Waals surface area contributed by atoms with Gasteiger partial charge in [-0.25, -0.2) is 4.39 Å². The van der Waals surface area contributed by atoms with Crippen LogP contribution in [-0.4, -0.2) is 36.5 Å². The van der Waals surface area contributed by atoms with Crippen molar-refractivity contribution in [1.29, 1.82) is 0 Å². The highest BCUT2D eigenvalue weighted by Crippen LogP contribution is 2.14. The van der Waals surface area contributed by atoms with E-state index < -0.39 is 5.82 Å². The molecule has 3 nitrogen and oxygen atoms in total. The standard InChI is InChI=1S/C15H21FN2OS/c1-11(10-18-7-3-2-4-8-18)17-15(19)13-9-12(20)5-6-14(13)16/h5-6,9,11,20H,2-4,7-8,10H2,1H3,(H,17,19). The summed E-state index contributed by atoms with van der Waals surface area (Å²) in [6.07, 6.45) is 3.73. The number of carbonyl (C=O) groups excluding carboxylic acids is 1. The minimum atomic E-state index is -0.509. The number of carbonyl (C=O) groups is 1. The number of piperidine rings is 1. The Morgan fingerprint density at radius 2 is 2.10 bits per heavy atom. The zero-order valence-electron chi connectivity index (χ0n) is 11.7. The van der Waals surface area contributed by atoms with Crippen LogP contribution in [-0.2, 0) is 0 Å². The van der Waals surface area contributed by atoms with Crippen LogP contribution >= 0.6 is 12.6 Å². The van der Waals surface area contributed by atoms with Gasteiger partial charge in [0, 0.05) is 17.5 Å². The smallest absolute Gasteiger partial charge is 0.254 e. The highest BCUT2D eigenvalue weighted by Gasteiger charge is 2.17. The predicted molar refractivity (Wildman–Crippen MR) is 80.9 cm³/mol. The first-order valence-corrected chi connectivity index (χ1v) is 7.52. The Labute approximate surface area is 125 Å². The van der Waals surface area contributed by atoms with Gasteiger partial charge in [-0.2, -0.15) is 0 Å². The minimum Gasteiger partial charge on any atom is -0.348 e. The Bertz CT molecular complexity index is 475. The summed E-state index contributed by atoms with van der Waals surface area (Å²) in [4.78, 5) is 15.0. The molecule has 5 heteroatoms. The SMILES string of the molecule is CC(CN1CCCCC1)NC(=O)c1cc(S)ccc1F. The molecule has 20 heavy (non-hydrogen) atoms. The molecule has 1 aliphatic heterocycles. The van der Waals surface area contributed by atoms with E-state index in [4.69, 9.17) is 0 Å². The summed E-state index contributed by atoms with van der Waals surface area (Å²) in [5.74, 6) is -0.881. The second kappa shape index (κ2) is 7.09. The molecule has 0 aromatic heterocycles. The Morgan fingerprint density at radius 3 is 2.80 bits per heavy atom. The molecule has 1 aromatic carbocycles. The molecule has 1 amide bonds. The molecule has 1 aromatic rings. The van der Waals surface area contributed by atoms with Gasteiger partial charge >= 0.3 is 0 Å². The Balaban J connectivity index is 1.91. The normalized spacial score (nSPS) is 17.8. The van der Waals surface area contributed by atoms with Crippen molar-refractivity contribution in [2.75, 3.05) is 19.6 Å². The molecule has 1 saturated heterocycles. The second-order valence-corrected chi connectivity index (χ2v) is 5.92. The van der Waals surface area contributed by atoms with Crippen LogP contribution in [0.15, 0.2) is 23.1 Å². The maximum Gasteiger partial charge on any atom is 0.254 e. The molecule has 1 atom stereocenters. The Kier molecular flexibility index (Phi) is 5.43.